The number of hydrogen-bond donors (Lipinski definition) is 1. The van der Waals surface area contributed by atoms with Crippen LogP contribution in [0.15, 0.2) is 30.6 Å². The maximum absolute atomic E-state index is 12.1. The molecule has 1 heterocycles. The molecule has 0 unspecified atom stereocenters. The summed E-state index contributed by atoms with van der Waals surface area (Å²) in [4.78, 5) is 16.2. The largest absolute Gasteiger partial charge is 0.456 e. The van der Waals surface area contributed by atoms with E-state index in [9.17, 15) is 9.90 Å². The van der Waals surface area contributed by atoms with Crippen molar-refractivity contribution >= 4 is 16.7 Å². The van der Waals surface area contributed by atoms with Gasteiger partial charge in [0.25, 0.3) is 0 Å². The lowest BCUT2D eigenvalue weighted by Crippen LogP contribution is -2.24. The number of aromatic nitrogens is 1. The first kappa shape index (κ1) is 13.5. The maximum Gasteiger partial charge on any atom is 0.339 e. The minimum atomic E-state index is -0.562. The highest BCUT2D eigenvalue weighted by Gasteiger charge is 2.20. The summed E-state index contributed by atoms with van der Waals surface area (Å²) in [5, 5.41) is 11.2. The molecule has 0 fully saturated rings. The van der Waals surface area contributed by atoms with Gasteiger partial charge in [-0.25, -0.2) is 4.79 Å². The normalized spacial score (nSPS) is 11.6. The Balaban J connectivity index is 2.49. The second-order valence-electron chi connectivity index (χ2n) is 5.39. The molecule has 0 aliphatic heterocycles. The van der Waals surface area contributed by atoms with E-state index in [1.807, 2.05) is 26.8 Å². The first-order valence-corrected chi connectivity index (χ1v) is 6.11. The van der Waals surface area contributed by atoms with Crippen LogP contribution >= 0.6 is 0 Å². The first-order chi connectivity index (χ1) is 8.90. The molecule has 2 rings (SSSR count). The van der Waals surface area contributed by atoms with Crippen molar-refractivity contribution in [2.24, 2.45) is 0 Å². The van der Waals surface area contributed by atoms with E-state index in [4.69, 9.17) is 4.74 Å². The van der Waals surface area contributed by atoms with Gasteiger partial charge in [0.1, 0.15) is 5.60 Å². The van der Waals surface area contributed by atoms with Gasteiger partial charge in [0, 0.05) is 17.8 Å². The van der Waals surface area contributed by atoms with Crippen LogP contribution in [0, 0.1) is 0 Å². The lowest BCUT2D eigenvalue weighted by Gasteiger charge is -2.20. The average molecular weight is 259 g/mol. The molecule has 0 atom stereocenters. The van der Waals surface area contributed by atoms with Crippen LogP contribution in [-0.2, 0) is 11.3 Å². The van der Waals surface area contributed by atoms with E-state index in [2.05, 4.69) is 4.98 Å². The van der Waals surface area contributed by atoms with Crippen LogP contribution in [0.1, 0.15) is 36.7 Å². The summed E-state index contributed by atoms with van der Waals surface area (Å²) in [7, 11) is 0. The zero-order chi connectivity index (χ0) is 14.0. The number of carbonyl (C=O) groups excluding carboxylic acids is 1. The van der Waals surface area contributed by atoms with Crippen molar-refractivity contribution in [2.45, 2.75) is 33.0 Å². The van der Waals surface area contributed by atoms with Crippen LogP contribution < -0.4 is 0 Å². The molecule has 0 aliphatic rings. The molecule has 1 aromatic heterocycles. The molecule has 4 heteroatoms. The van der Waals surface area contributed by atoms with Gasteiger partial charge in [-0.05, 0) is 49.9 Å². The van der Waals surface area contributed by atoms with Crippen LogP contribution in [0.2, 0.25) is 0 Å². The van der Waals surface area contributed by atoms with Crippen molar-refractivity contribution in [3.05, 3.63) is 41.7 Å². The number of ether oxygens (including phenoxy) is 1. The third-order valence-corrected chi connectivity index (χ3v) is 2.65. The van der Waals surface area contributed by atoms with Gasteiger partial charge < -0.3 is 9.84 Å². The SMILES string of the molecule is CC(C)(C)OC(=O)c1cc2cnccc2cc1CO. The van der Waals surface area contributed by atoms with E-state index in [0.717, 1.165) is 10.8 Å². The second-order valence-corrected chi connectivity index (χ2v) is 5.39. The molecule has 0 bridgehead atoms. The smallest absolute Gasteiger partial charge is 0.339 e. The number of aliphatic hydroxyl groups excluding tert-OH is 1. The summed E-state index contributed by atoms with van der Waals surface area (Å²) in [6, 6.07) is 5.34. The Morgan fingerprint density at radius 2 is 2.05 bits per heavy atom. The molecule has 100 valence electrons. The van der Waals surface area contributed by atoms with Crippen molar-refractivity contribution in [1.82, 2.24) is 4.98 Å². The molecule has 2 aromatic rings. The van der Waals surface area contributed by atoms with Crippen molar-refractivity contribution in [2.75, 3.05) is 0 Å². The van der Waals surface area contributed by atoms with Gasteiger partial charge in [-0.2, -0.15) is 0 Å². The number of esters is 1. The molecule has 0 aliphatic carbocycles. The Kier molecular flexibility index (Phi) is 3.53. The van der Waals surface area contributed by atoms with E-state index in [1.54, 1.807) is 24.5 Å². The summed E-state index contributed by atoms with van der Waals surface area (Å²) >= 11 is 0. The number of aliphatic hydroxyl groups is 1. The fourth-order valence-electron chi connectivity index (χ4n) is 1.84. The topological polar surface area (TPSA) is 59.4 Å². The summed E-state index contributed by atoms with van der Waals surface area (Å²) in [5.41, 5.74) is 0.388. The van der Waals surface area contributed by atoms with Crippen molar-refractivity contribution < 1.29 is 14.6 Å². The molecule has 1 N–H and O–H groups in total. The average Bonchev–Trinajstić information content (AvgIpc) is 2.35. The number of fused-ring (bicyclic) bond motifs is 1. The maximum atomic E-state index is 12.1. The number of carbonyl (C=O) groups is 1. The molecule has 0 saturated carbocycles. The van der Waals surface area contributed by atoms with Gasteiger partial charge in [0.15, 0.2) is 0 Å². The van der Waals surface area contributed by atoms with Crippen LogP contribution in [0.25, 0.3) is 10.8 Å². The molecule has 0 saturated heterocycles. The third-order valence-electron chi connectivity index (χ3n) is 2.65. The van der Waals surface area contributed by atoms with E-state index < -0.39 is 11.6 Å². The van der Waals surface area contributed by atoms with E-state index in [1.165, 1.54) is 0 Å². The summed E-state index contributed by atoms with van der Waals surface area (Å²) < 4.78 is 5.34. The fraction of sp³-hybridized carbons (Fsp3) is 0.333. The van der Waals surface area contributed by atoms with Gasteiger partial charge in [-0.3, -0.25) is 4.98 Å². The number of nitrogens with zero attached hydrogens (tertiary/aromatic N) is 1. The molecule has 1 aromatic carbocycles. The highest BCUT2D eigenvalue weighted by molar-refractivity contribution is 5.97. The minimum Gasteiger partial charge on any atom is -0.456 e. The van der Waals surface area contributed by atoms with Crippen LogP contribution in [0.5, 0.6) is 0 Å². The fourth-order valence-corrected chi connectivity index (χ4v) is 1.84. The standard InChI is InChI=1S/C15H17NO3/c1-15(2,3)19-14(18)13-7-11-8-16-5-4-10(11)6-12(13)9-17/h4-8,17H,9H2,1-3H3. The predicted molar refractivity (Wildman–Crippen MR) is 72.8 cm³/mol. The molecule has 0 radical (unpaired) electrons. The van der Waals surface area contributed by atoms with Crippen molar-refractivity contribution in [3.63, 3.8) is 0 Å². The quantitative estimate of drug-likeness (QED) is 0.842. The number of hydrogen-bond acceptors (Lipinski definition) is 4. The Morgan fingerprint density at radius 1 is 1.32 bits per heavy atom. The molecule has 0 amide bonds. The zero-order valence-corrected chi connectivity index (χ0v) is 11.3. The van der Waals surface area contributed by atoms with Crippen LogP contribution in [-0.4, -0.2) is 21.7 Å². The monoisotopic (exact) mass is 259 g/mol. The highest BCUT2D eigenvalue weighted by atomic mass is 16.6. The first-order valence-electron chi connectivity index (χ1n) is 6.11. The van der Waals surface area contributed by atoms with Crippen LogP contribution in [0.4, 0.5) is 0 Å². The minimum absolute atomic E-state index is 0.202. The third kappa shape index (κ3) is 3.09. The molecule has 19 heavy (non-hydrogen) atoms. The number of pyridine rings is 1. The predicted octanol–water partition coefficient (Wildman–Crippen LogP) is 2.68. The lowest BCUT2D eigenvalue weighted by atomic mass is 10.0. The number of benzene rings is 1. The Hall–Kier alpha value is -1.94. The Labute approximate surface area is 112 Å². The van der Waals surface area contributed by atoms with Gasteiger partial charge in [-0.1, -0.05) is 0 Å². The summed E-state index contributed by atoms with van der Waals surface area (Å²) in [6.07, 6.45) is 3.36. The highest BCUT2D eigenvalue weighted by Crippen LogP contribution is 2.22. The summed E-state index contributed by atoms with van der Waals surface area (Å²) in [6.45, 7) is 5.23. The van der Waals surface area contributed by atoms with Gasteiger partial charge in [-0.15, -0.1) is 0 Å². The van der Waals surface area contributed by atoms with Crippen LogP contribution in [0.3, 0.4) is 0 Å². The number of rotatable bonds is 2. The molecular formula is C15H17NO3. The zero-order valence-electron chi connectivity index (χ0n) is 11.3. The second kappa shape index (κ2) is 4.97. The molecule has 4 nitrogen and oxygen atoms in total. The molecule has 0 spiro atoms. The van der Waals surface area contributed by atoms with E-state index >= 15 is 0 Å². The lowest BCUT2D eigenvalue weighted by molar-refractivity contribution is 0.00668. The van der Waals surface area contributed by atoms with Gasteiger partial charge >= 0.3 is 5.97 Å². The Morgan fingerprint density at radius 3 is 2.68 bits per heavy atom. The molecular weight excluding hydrogens is 242 g/mol. The van der Waals surface area contributed by atoms with Gasteiger partial charge in [0.2, 0.25) is 0 Å². The van der Waals surface area contributed by atoms with E-state index in [0.29, 0.717) is 11.1 Å². The summed E-state index contributed by atoms with van der Waals surface area (Å²) in [5.74, 6) is -0.428. The van der Waals surface area contributed by atoms with E-state index in [-0.39, 0.29) is 6.61 Å². The van der Waals surface area contributed by atoms with Crippen molar-refractivity contribution in [1.29, 1.82) is 0 Å². The van der Waals surface area contributed by atoms with Gasteiger partial charge in [0.05, 0.1) is 12.2 Å². The van der Waals surface area contributed by atoms with Crippen molar-refractivity contribution in [3.8, 4) is 0 Å². The Bertz CT molecular complexity index is 614.